The molecule has 0 aliphatic heterocycles. The minimum Gasteiger partial charge on any atom is -0.496 e. The maximum absolute atomic E-state index is 11.7. The lowest BCUT2D eigenvalue weighted by molar-refractivity contribution is -0.124. The largest absolute Gasteiger partial charge is 0.496 e. The minimum atomic E-state index is -0.165. The lowest BCUT2D eigenvalue weighted by Gasteiger charge is -2.15. The molecule has 0 saturated heterocycles. The van der Waals surface area contributed by atoms with Crippen molar-refractivity contribution in [1.29, 1.82) is 0 Å². The van der Waals surface area contributed by atoms with Crippen LogP contribution in [0.4, 0.5) is 0 Å². The van der Waals surface area contributed by atoms with Crippen molar-refractivity contribution in [1.82, 2.24) is 5.32 Å². The van der Waals surface area contributed by atoms with Crippen LogP contribution in [-0.2, 0) is 11.3 Å². The third-order valence-corrected chi connectivity index (χ3v) is 2.95. The summed E-state index contributed by atoms with van der Waals surface area (Å²) in [6, 6.07) is 4.09. The molecule has 0 bridgehead atoms. The highest BCUT2D eigenvalue weighted by Crippen LogP contribution is 2.24. The quantitative estimate of drug-likeness (QED) is 0.833. The molecule has 3 N–H and O–H groups in total. The number of ether oxygens (including phenoxy) is 1. The van der Waals surface area contributed by atoms with E-state index in [1.165, 1.54) is 0 Å². The van der Waals surface area contributed by atoms with Crippen molar-refractivity contribution in [3.63, 3.8) is 0 Å². The second-order valence-electron chi connectivity index (χ2n) is 4.63. The first kappa shape index (κ1) is 14.5. The van der Waals surface area contributed by atoms with Gasteiger partial charge in [-0.3, -0.25) is 4.79 Å². The molecule has 100 valence electrons. The molecule has 0 saturated carbocycles. The van der Waals surface area contributed by atoms with E-state index in [2.05, 4.69) is 11.4 Å². The van der Waals surface area contributed by atoms with Gasteiger partial charge in [0.15, 0.2) is 0 Å². The zero-order chi connectivity index (χ0) is 13.7. The van der Waals surface area contributed by atoms with E-state index in [4.69, 9.17) is 10.5 Å². The summed E-state index contributed by atoms with van der Waals surface area (Å²) in [4.78, 5) is 11.7. The molecule has 0 fully saturated rings. The number of carbonyl (C=O) groups excluding carboxylic acids is 1. The molecule has 18 heavy (non-hydrogen) atoms. The van der Waals surface area contributed by atoms with E-state index in [0.29, 0.717) is 13.1 Å². The second kappa shape index (κ2) is 6.40. The number of hydrogen-bond donors (Lipinski definition) is 2. The Morgan fingerprint density at radius 2 is 2.11 bits per heavy atom. The van der Waals surface area contributed by atoms with Crippen LogP contribution in [0.2, 0.25) is 0 Å². The molecular formula is C14H22N2O2. The first-order chi connectivity index (χ1) is 8.49. The van der Waals surface area contributed by atoms with Gasteiger partial charge in [-0.15, -0.1) is 0 Å². The first-order valence-electron chi connectivity index (χ1n) is 6.11. The number of aryl methyl sites for hydroxylation is 2. The van der Waals surface area contributed by atoms with E-state index in [0.717, 1.165) is 22.4 Å². The van der Waals surface area contributed by atoms with E-state index < -0.39 is 0 Å². The molecule has 1 aromatic carbocycles. The molecule has 4 nitrogen and oxygen atoms in total. The predicted molar refractivity (Wildman–Crippen MR) is 72.5 cm³/mol. The van der Waals surface area contributed by atoms with Gasteiger partial charge in [0, 0.05) is 24.6 Å². The van der Waals surface area contributed by atoms with E-state index in [9.17, 15) is 4.79 Å². The summed E-state index contributed by atoms with van der Waals surface area (Å²) in [5.74, 6) is 0.641. The van der Waals surface area contributed by atoms with Crippen LogP contribution in [0, 0.1) is 19.8 Å². The molecular weight excluding hydrogens is 228 g/mol. The van der Waals surface area contributed by atoms with Crippen molar-refractivity contribution in [2.45, 2.75) is 27.3 Å². The van der Waals surface area contributed by atoms with Gasteiger partial charge in [0.1, 0.15) is 5.75 Å². The predicted octanol–water partition coefficient (Wildman–Crippen LogP) is 1.52. The third kappa shape index (κ3) is 3.47. The summed E-state index contributed by atoms with van der Waals surface area (Å²) in [6.07, 6.45) is 0. The zero-order valence-electron chi connectivity index (χ0n) is 11.5. The molecule has 0 aliphatic carbocycles. The van der Waals surface area contributed by atoms with Crippen molar-refractivity contribution in [3.8, 4) is 5.75 Å². The second-order valence-corrected chi connectivity index (χ2v) is 4.63. The highest BCUT2D eigenvalue weighted by molar-refractivity contribution is 5.78. The monoisotopic (exact) mass is 250 g/mol. The highest BCUT2D eigenvalue weighted by Gasteiger charge is 2.12. The summed E-state index contributed by atoms with van der Waals surface area (Å²) in [6.45, 7) is 6.67. The Labute approximate surface area is 109 Å². The fourth-order valence-corrected chi connectivity index (χ4v) is 1.93. The van der Waals surface area contributed by atoms with Gasteiger partial charge >= 0.3 is 0 Å². The Kier molecular flexibility index (Phi) is 5.16. The van der Waals surface area contributed by atoms with E-state index >= 15 is 0 Å². The van der Waals surface area contributed by atoms with Crippen molar-refractivity contribution in [3.05, 3.63) is 28.8 Å². The summed E-state index contributed by atoms with van der Waals surface area (Å²) in [7, 11) is 1.64. The zero-order valence-corrected chi connectivity index (χ0v) is 11.5. The number of carbonyl (C=O) groups is 1. The molecule has 1 amide bonds. The van der Waals surface area contributed by atoms with Crippen molar-refractivity contribution < 1.29 is 9.53 Å². The number of hydrogen-bond acceptors (Lipinski definition) is 3. The van der Waals surface area contributed by atoms with E-state index in [1.807, 2.05) is 26.8 Å². The number of rotatable bonds is 5. The number of benzene rings is 1. The molecule has 0 radical (unpaired) electrons. The van der Waals surface area contributed by atoms with Crippen LogP contribution >= 0.6 is 0 Å². The summed E-state index contributed by atoms with van der Waals surface area (Å²) in [5.41, 5.74) is 8.69. The fourth-order valence-electron chi connectivity index (χ4n) is 1.93. The maximum atomic E-state index is 11.7. The molecule has 0 heterocycles. The smallest absolute Gasteiger partial charge is 0.224 e. The van der Waals surface area contributed by atoms with Gasteiger partial charge in [0.2, 0.25) is 5.91 Å². The summed E-state index contributed by atoms with van der Waals surface area (Å²) in [5, 5.41) is 2.88. The van der Waals surface area contributed by atoms with Gasteiger partial charge < -0.3 is 15.8 Å². The normalized spacial score (nSPS) is 12.1. The van der Waals surface area contributed by atoms with Crippen molar-refractivity contribution in [2.75, 3.05) is 13.7 Å². The molecule has 1 unspecified atom stereocenters. The molecule has 1 rings (SSSR count). The van der Waals surface area contributed by atoms with Crippen LogP contribution in [0.25, 0.3) is 0 Å². The SMILES string of the molecule is COc1c(C)cc(C)cc1CNC(=O)C(C)CN. The Bertz CT molecular complexity index is 430. The average molecular weight is 250 g/mol. The molecule has 0 aromatic heterocycles. The van der Waals surface area contributed by atoms with Crippen LogP contribution < -0.4 is 15.8 Å². The number of nitrogens with two attached hydrogens (primary N) is 1. The first-order valence-corrected chi connectivity index (χ1v) is 6.11. The number of nitrogens with one attached hydrogen (secondary N) is 1. The van der Waals surface area contributed by atoms with Crippen LogP contribution in [0.15, 0.2) is 12.1 Å². The molecule has 1 aromatic rings. The minimum absolute atomic E-state index is 0.0290. The third-order valence-electron chi connectivity index (χ3n) is 2.95. The number of amides is 1. The van der Waals surface area contributed by atoms with Crippen molar-refractivity contribution in [2.24, 2.45) is 11.7 Å². The lowest BCUT2D eigenvalue weighted by Crippen LogP contribution is -2.32. The van der Waals surface area contributed by atoms with Crippen LogP contribution in [0.1, 0.15) is 23.6 Å². The average Bonchev–Trinajstić information content (AvgIpc) is 2.34. The van der Waals surface area contributed by atoms with Gasteiger partial charge in [-0.25, -0.2) is 0 Å². The Morgan fingerprint density at radius 1 is 1.44 bits per heavy atom. The lowest BCUT2D eigenvalue weighted by atomic mass is 10.0. The number of methoxy groups -OCH3 is 1. The van der Waals surface area contributed by atoms with Gasteiger partial charge in [-0.1, -0.05) is 24.6 Å². The van der Waals surface area contributed by atoms with Gasteiger partial charge in [-0.05, 0) is 19.4 Å². The van der Waals surface area contributed by atoms with E-state index in [-0.39, 0.29) is 11.8 Å². The molecule has 4 heteroatoms. The van der Waals surface area contributed by atoms with Gasteiger partial charge in [-0.2, -0.15) is 0 Å². The highest BCUT2D eigenvalue weighted by atomic mass is 16.5. The van der Waals surface area contributed by atoms with Gasteiger partial charge in [0.25, 0.3) is 0 Å². The summed E-state index contributed by atoms with van der Waals surface area (Å²) >= 11 is 0. The van der Waals surface area contributed by atoms with Crippen LogP contribution in [-0.4, -0.2) is 19.6 Å². The Morgan fingerprint density at radius 3 is 2.67 bits per heavy atom. The Hall–Kier alpha value is -1.55. The maximum Gasteiger partial charge on any atom is 0.224 e. The molecule has 1 atom stereocenters. The van der Waals surface area contributed by atoms with Gasteiger partial charge in [0.05, 0.1) is 7.11 Å². The van der Waals surface area contributed by atoms with Crippen molar-refractivity contribution >= 4 is 5.91 Å². The Balaban J connectivity index is 2.81. The summed E-state index contributed by atoms with van der Waals surface area (Å²) < 4.78 is 5.37. The van der Waals surface area contributed by atoms with Crippen LogP contribution in [0.3, 0.4) is 0 Å². The molecule has 0 spiro atoms. The fraction of sp³-hybridized carbons (Fsp3) is 0.500. The standard InChI is InChI=1S/C14H22N2O2/c1-9-5-10(2)13(18-4)12(6-9)8-16-14(17)11(3)7-15/h5-6,11H,7-8,15H2,1-4H3,(H,16,17). The van der Waals surface area contributed by atoms with Crippen LogP contribution in [0.5, 0.6) is 5.75 Å². The van der Waals surface area contributed by atoms with E-state index in [1.54, 1.807) is 7.11 Å². The molecule has 0 aliphatic rings. The topological polar surface area (TPSA) is 64.3 Å².